The van der Waals surface area contributed by atoms with Gasteiger partial charge in [0, 0.05) is 25.7 Å². The Labute approximate surface area is 146 Å². The Hall–Kier alpha value is -2.63. The number of hydrogen-bond acceptors (Lipinski definition) is 4. The average Bonchev–Trinajstić information content (AvgIpc) is 3.37. The maximum atomic E-state index is 13.0. The van der Waals surface area contributed by atoms with E-state index in [1.165, 1.54) is 0 Å². The Bertz CT molecular complexity index is 745. The molecule has 25 heavy (non-hydrogen) atoms. The summed E-state index contributed by atoms with van der Waals surface area (Å²) in [5, 5.41) is 0. The highest BCUT2D eigenvalue weighted by Gasteiger charge is 2.40. The number of likely N-dealkylation sites (tertiary alicyclic amines) is 2. The van der Waals surface area contributed by atoms with Crippen molar-refractivity contribution in [2.45, 2.75) is 31.8 Å². The first-order chi connectivity index (χ1) is 12.2. The van der Waals surface area contributed by atoms with Gasteiger partial charge in [-0.25, -0.2) is 0 Å². The van der Waals surface area contributed by atoms with Crippen LogP contribution in [0.2, 0.25) is 0 Å². The molecule has 0 radical (unpaired) electrons. The van der Waals surface area contributed by atoms with Gasteiger partial charge in [-0.15, -0.1) is 0 Å². The van der Waals surface area contributed by atoms with Gasteiger partial charge in [0.2, 0.25) is 11.8 Å². The molecular weight excluding hydrogens is 318 g/mol. The number of carbonyl (C=O) groups is 2. The summed E-state index contributed by atoms with van der Waals surface area (Å²) in [6.45, 7) is 1.63. The smallest absolute Gasteiger partial charge is 0.228 e. The largest absolute Gasteiger partial charge is 0.467 e. The summed E-state index contributed by atoms with van der Waals surface area (Å²) in [6, 6.07) is 9.49. The molecule has 6 heteroatoms. The molecule has 2 aliphatic rings. The molecule has 2 amide bonds. The molecule has 6 nitrogen and oxygen atoms in total. The van der Waals surface area contributed by atoms with Crippen molar-refractivity contribution >= 4 is 11.8 Å². The third-order valence-electron chi connectivity index (χ3n) is 5.06. The molecule has 0 N–H and O–H groups in total. The van der Waals surface area contributed by atoms with Crippen molar-refractivity contribution in [3.05, 3.63) is 54.2 Å². The standard InChI is InChI=1S/C19H21N3O3/c23-18-11-14(12-21(18)13-15-5-4-10-25-15)19(24)22-9-3-7-17(22)16-6-1-2-8-20-16/h1-2,4-6,8,10,14,17H,3,7,9,11-13H2/t14-,17+/m1/s1. The first-order valence-electron chi connectivity index (χ1n) is 8.74. The molecule has 0 spiro atoms. The van der Waals surface area contributed by atoms with Gasteiger partial charge in [-0.2, -0.15) is 0 Å². The number of furan rings is 1. The molecule has 0 bridgehead atoms. The van der Waals surface area contributed by atoms with Gasteiger partial charge in [0.25, 0.3) is 0 Å². The fourth-order valence-electron chi connectivity index (χ4n) is 3.83. The van der Waals surface area contributed by atoms with Crippen molar-refractivity contribution in [3.63, 3.8) is 0 Å². The van der Waals surface area contributed by atoms with E-state index >= 15 is 0 Å². The van der Waals surface area contributed by atoms with Crippen LogP contribution in [0.15, 0.2) is 47.2 Å². The van der Waals surface area contributed by atoms with Crippen molar-refractivity contribution in [1.29, 1.82) is 0 Å². The molecule has 2 aromatic rings. The SMILES string of the molecule is O=C1C[C@@H](C(=O)N2CCC[C@H]2c2ccccn2)CN1Cc1ccco1. The third-order valence-corrected chi connectivity index (χ3v) is 5.06. The summed E-state index contributed by atoms with van der Waals surface area (Å²) in [4.78, 5) is 33.3. The molecule has 2 fully saturated rings. The van der Waals surface area contributed by atoms with Gasteiger partial charge >= 0.3 is 0 Å². The number of amides is 2. The Morgan fingerprint density at radius 1 is 1.28 bits per heavy atom. The number of aromatic nitrogens is 1. The summed E-state index contributed by atoms with van der Waals surface area (Å²) < 4.78 is 5.32. The molecule has 0 aromatic carbocycles. The monoisotopic (exact) mass is 339 g/mol. The van der Waals surface area contributed by atoms with Gasteiger partial charge in [0.05, 0.1) is 30.5 Å². The minimum atomic E-state index is -0.272. The predicted octanol–water partition coefficient (Wildman–Crippen LogP) is 2.39. The van der Waals surface area contributed by atoms with Crippen molar-refractivity contribution in [3.8, 4) is 0 Å². The summed E-state index contributed by atoms with van der Waals surface area (Å²) in [6.07, 6.45) is 5.55. The van der Waals surface area contributed by atoms with Crippen LogP contribution < -0.4 is 0 Å². The highest BCUT2D eigenvalue weighted by atomic mass is 16.3. The van der Waals surface area contributed by atoms with E-state index in [4.69, 9.17) is 4.42 Å². The van der Waals surface area contributed by atoms with Crippen LogP contribution in [0.25, 0.3) is 0 Å². The number of carbonyl (C=O) groups excluding carboxylic acids is 2. The zero-order chi connectivity index (χ0) is 17.2. The molecule has 130 valence electrons. The van der Waals surface area contributed by atoms with Crippen LogP contribution >= 0.6 is 0 Å². The topological polar surface area (TPSA) is 66.7 Å². The number of rotatable bonds is 4. The van der Waals surface area contributed by atoms with Crippen molar-refractivity contribution in [2.24, 2.45) is 5.92 Å². The van der Waals surface area contributed by atoms with Crippen LogP contribution in [0.4, 0.5) is 0 Å². The number of hydrogen-bond donors (Lipinski definition) is 0. The second kappa shape index (κ2) is 6.70. The molecule has 0 saturated carbocycles. The van der Waals surface area contributed by atoms with Gasteiger partial charge in [-0.3, -0.25) is 14.6 Å². The van der Waals surface area contributed by atoms with Crippen LogP contribution in [0, 0.1) is 5.92 Å². The van der Waals surface area contributed by atoms with E-state index in [1.54, 1.807) is 23.4 Å². The molecule has 0 unspecified atom stereocenters. The second-order valence-corrected chi connectivity index (χ2v) is 6.70. The van der Waals surface area contributed by atoms with Crippen LogP contribution in [0.3, 0.4) is 0 Å². The average molecular weight is 339 g/mol. The van der Waals surface area contributed by atoms with Crippen molar-refractivity contribution < 1.29 is 14.0 Å². The zero-order valence-electron chi connectivity index (χ0n) is 14.0. The van der Waals surface area contributed by atoms with Gasteiger partial charge < -0.3 is 14.2 Å². The van der Waals surface area contributed by atoms with Gasteiger partial charge in [-0.05, 0) is 37.1 Å². The molecule has 2 aliphatic heterocycles. The van der Waals surface area contributed by atoms with Crippen LogP contribution in [0.5, 0.6) is 0 Å². The Kier molecular flexibility index (Phi) is 4.26. The van der Waals surface area contributed by atoms with E-state index in [9.17, 15) is 9.59 Å². The first kappa shape index (κ1) is 15.9. The minimum absolute atomic E-state index is 0.0170. The summed E-state index contributed by atoms with van der Waals surface area (Å²) in [5.74, 6) is 0.563. The first-order valence-corrected chi connectivity index (χ1v) is 8.74. The maximum Gasteiger partial charge on any atom is 0.228 e. The van der Waals surface area contributed by atoms with Crippen molar-refractivity contribution in [2.75, 3.05) is 13.1 Å². The van der Waals surface area contributed by atoms with E-state index in [2.05, 4.69) is 4.98 Å². The fourth-order valence-corrected chi connectivity index (χ4v) is 3.83. The lowest BCUT2D eigenvalue weighted by Gasteiger charge is -2.27. The summed E-state index contributed by atoms with van der Waals surface area (Å²) in [5.41, 5.74) is 0.935. The van der Waals surface area contributed by atoms with Crippen molar-refractivity contribution in [1.82, 2.24) is 14.8 Å². The number of pyridine rings is 1. The van der Waals surface area contributed by atoms with E-state index < -0.39 is 0 Å². The Balaban J connectivity index is 1.45. The summed E-state index contributed by atoms with van der Waals surface area (Å²) >= 11 is 0. The minimum Gasteiger partial charge on any atom is -0.467 e. The second-order valence-electron chi connectivity index (χ2n) is 6.70. The van der Waals surface area contributed by atoms with Crippen LogP contribution in [-0.2, 0) is 16.1 Å². The van der Waals surface area contributed by atoms with E-state index in [-0.39, 0.29) is 30.2 Å². The quantitative estimate of drug-likeness (QED) is 0.858. The Morgan fingerprint density at radius 2 is 2.20 bits per heavy atom. The van der Waals surface area contributed by atoms with Gasteiger partial charge in [-0.1, -0.05) is 6.07 Å². The zero-order valence-corrected chi connectivity index (χ0v) is 14.0. The van der Waals surface area contributed by atoms with Crippen LogP contribution in [0.1, 0.15) is 36.8 Å². The highest BCUT2D eigenvalue weighted by Crippen LogP contribution is 2.33. The van der Waals surface area contributed by atoms with E-state index in [0.29, 0.717) is 13.1 Å². The molecule has 4 rings (SSSR count). The molecular formula is C19H21N3O3. The van der Waals surface area contributed by atoms with Crippen LogP contribution in [-0.4, -0.2) is 39.7 Å². The maximum absolute atomic E-state index is 13.0. The normalized spacial score (nSPS) is 23.4. The van der Waals surface area contributed by atoms with E-state index in [1.807, 2.05) is 29.2 Å². The lowest BCUT2D eigenvalue weighted by Crippen LogP contribution is -2.37. The molecule has 2 atom stereocenters. The fraction of sp³-hybridized carbons (Fsp3) is 0.421. The van der Waals surface area contributed by atoms with E-state index in [0.717, 1.165) is 30.8 Å². The third kappa shape index (κ3) is 3.16. The number of nitrogens with zero attached hydrogens (tertiary/aromatic N) is 3. The molecule has 4 heterocycles. The lowest BCUT2D eigenvalue weighted by atomic mass is 10.1. The molecule has 0 aliphatic carbocycles. The lowest BCUT2D eigenvalue weighted by molar-refractivity contribution is -0.136. The van der Waals surface area contributed by atoms with Gasteiger partial charge in [0.1, 0.15) is 5.76 Å². The predicted molar refractivity (Wildman–Crippen MR) is 90.2 cm³/mol. The molecule has 2 saturated heterocycles. The van der Waals surface area contributed by atoms with Gasteiger partial charge in [0.15, 0.2) is 0 Å². The highest BCUT2D eigenvalue weighted by molar-refractivity contribution is 5.89. The Morgan fingerprint density at radius 3 is 2.96 bits per heavy atom. The molecule has 2 aromatic heterocycles. The summed E-state index contributed by atoms with van der Waals surface area (Å²) in [7, 11) is 0.